The predicted molar refractivity (Wildman–Crippen MR) is 68.7 cm³/mol. The maximum absolute atomic E-state index is 8.60. The minimum absolute atomic E-state index is 0.426. The number of aromatic nitrogens is 2. The second-order valence-corrected chi connectivity index (χ2v) is 4.66. The zero-order valence-corrected chi connectivity index (χ0v) is 10.6. The molecule has 0 saturated carbocycles. The average Bonchev–Trinajstić information content (AvgIpc) is 2.64. The largest absolute Gasteiger partial charge is 0.331 e. The number of nitriles is 1. The number of imidazole rings is 1. The van der Waals surface area contributed by atoms with Crippen molar-refractivity contribution >= 4 is 11.0 Å². The van der Waals surface area contributed by atoms with Crippen molar-refractivity contribution < 1.29 is 0 Å². The molecule has 0 amide bonds. The van der Waals surface area contributed by atoms with Gasteiger partial charge in [0.2, 0.25) is 0 Å². The minimum Gasteiger partial charge on any atom is -0.331 e. The van der Waals surface area contributed by atoms with Gasteiger partial charge in [0.05, 0.1) is 17.1 Å². The first-order chi connectivity index (χ1) is 8.13. The first kappa shape index (κ1) is 11.7. The van der Waals surface area contributed by atoms with Crippen molar-refractivity contribution in [1.82, 2.24) is 9.55 Å². The van der Waals surface area contributed by atoms with Crippen LogP contribution in [0.5, 0.6) is 0 Å². The van der Waals surface area contributed by atoms with E-state index in [2.05, 4.69) is 48.6 Å². The number of benzene rings is 1. The Hall–Kier alpha value is -1.82. The molecule has 0 aliphatic heterocycles. The zero-order valence-electron chi connectivity index (χ0n) is 10.6. The van der Waals surface area contributed by atoms with Crippen LogP contribution in [0.15, 0.2) is 18.2 Å². The molecule has 3 heteroatoms. The minimum atomic E-state index is 0.426. The molecular formula is C14H17N3. The van der Waals surface area contributed by atoms with Gasteiger partial charge in [0.1, 0.15) is 5.82 Å². The SMILES string of the molecule is CC(C)c1nc2ccc(CCC#N)cc2n1C. The smallest absolute Gasteiger partial charge is 0.112 e. The summed E-state index contributed by atoms with van der Waals surface area (Å²) in [6.07, 6.45) is 1.38. The molecule has 1 aromatic carbocycles. The van der Waals surface area contributed by atoms with E-state index in [1.54, 1.807) is 0 Å². The Morgan fingerprint density at radius 2 is 2.18 bits per heavy atom. The van der Waals surface area contributed by atoms with Crippen molar-refractivity contribution in [1.29, 1.82) is 5.26 Å². The Bertz CT molecular complexity index is 573. The third kappa shape index (κ3) is 2.16. The van der Waals surface area contributed by atoms with Gasteiger partial charge in [-0.1, -0.05) is 19.9 Å². The molecule has 0 unspecified atom stereocenters. The molecule has 0 fully saturated rings. The Balaban J connectivity index is 2.47. The standard InChI is InChI=1S/C14H17N3/c1-10(2)14-16-12-7-6-11(5-4-8-15)9-13(12)17(14)3/h6-7,9-10H,4-5H2,1-3H3. The number of nitrogens with zero attached hydrogens (tertiary/aromatic N) is 3. The van der Waals surface area contributed by atoms with Crippen molar-refractivity contribution in [3.8, 4) is 6.07 Å². The Morgan fingerprint density at radius 3 is 2.82 bits per heavy atom. The van der Waals surface area contributed by atoms with Gasteiger partial charge in [-0.2, -0.15) is 5.26 Å². The van der Waals surface area contributed by atoms with E-state index in [4.69, 9.17) is 5.26 Å². The van der Waals surface area contributed by atoms with Gasteiger partial charge in [0.25, 0.3) is 0 Å². The van der Waals surface area contributed by atoms with Crippen LogP contribution >= 0.6 is 0 Å². The maximum Gasteiger partial charge on any atom is 0.112 e. The normalized spacial score (nSPS) is 11.0. The lowest BCUT2D eigenvalue weighted by atomic mass is 10.1. The summed E-state index contributed by atoms with van der Waals surface area (Å²) in [4.78, 5) is 4.63. The van der Waals surface area contributed by atoms with E-state index in [1.807, 2.05) is 6.07 Å². The van der Waals surface area contributed by atoms with Crippen LogP contribution in [0.1, 0.15) is 37.6 Å². The first-order valence-electron chi connectivity index (χ1n) is 5.95. The molecule has 0 spiro atoms. The Labute approximate surface area is 102 Å². The van der Waals surface area contributed by atoms with E-state index in [0.717, 1.165) is 23.3 Å². The van der Waals surface area contributed by atoms with Gasteiger partial charge in [-0.05, 0) is 24.1 Å². The first-order valence-corrected chi connectivity index (χ1v) is 5.95. The average molecular weight is 227 g/mol. The van der Waals surface area contributed by atoms with E-state index in [-0.39, 0.29) is 0 Å². The number of hydrogen-bond acceptors (Lipinski definition) is 2. The van der Waals surface area contributed by atoms with Crippen molar-refractivity contribution in [3.05, 3.63) is 29.6 Å². The van der Waals surface area contributed by atoms with E-state index < -0.39 is 0 Å². The van der Waals surface area contributed by atoms with Crippen molar-refractivity contribution in [3.63, 3.8) is 0 Å². The number of hydrogen-bond donors (Lipinski definition) is 0. The molecule has 2 aromatic rings. The third-order valence-corrected chi connectivity index (χ3v) is 3.02. The van der Waals surface area contributed by atoms with Crippen LogP contribution in [-0.4, -0.2) is 9.55 Å². The molecule has 1 aromatic heterocycles. The molecule has 0 radical (unpaired) electrons. The summed E-state index contributed by atoms with van der Waals surface area (Å²) in [5, 5.41) is 8.60. The van der Waals surface area contributed by atoms with Crippen LogP contribution in [-0.2, 0) is 13.5 Å². The van der Waals surface area contributed by atoms with Crippen LogP contribution in [0.2, 0.25) is 0 Å². The highest BCUT2D eigenvalue weighted by molar-refractivity contribution is 5.77. The van der Waals surface area contributed by atoms with Gasteiger partial charge in [-0.25, -0.2) is 4.98 Å². The van der Waals surface area contributed by atoms with Gasteiger partial charge >= 0.3 is 0 Å². The van der Waals surface area contributed by atoms with Crippen LogP contribution in [0, 0.1) is 11.3 Å². The lowest BCUT2D eigenvalue weighted by Crippen LogP contribution is -1.99. The summed E-state index contributed by atoms with van der Waals surface area (Å²) in [6.45, 7) is 4.30. The van der Waals surface area contributed by atoms with Crippen molar-refractivity contribution in [2.24, 2.45) is 7.05 Å². The lowest BCUT2D eigenvalue weighted by molar-refractivity contribution is 0.722. The molecule has 0 bridgehead atoms. The number of fused-ring (bicyclic) bond motifs is 1. The number of rotatable bonds is 3. The molecule has 2 rings (SSSR count). The second kappa shape index (κ2) is 4.58. The summed E-state index contributed by atoms with van der Waals surface area (Å²) in [7, 11) is 2.05. The monoisotopic (exact) mass is 227 g/mol. The maximum atomic E-state index is 8.60. The summed E-state index contributed by atoms with van der Waals surface area (Å²) in [6, 6.07) is 8.44. The predicted octanol–water partition coefficient (Wildman–Crippen LogP) is 3.15. The topological polar surface area (TPSA) is 41.6 Å². The summed E-state index contributed by atoms with van der Waals surface area (Å²) in [5.41, 5.74) is 3.40. The van der Waals surface area contributed by atoms with Crippen molar-refractivity contribution in [2.75, 3.05) is 0 Å². The zero-order chi connectivity index (χ0) is 12.4. The highest BCUT2D eigenvalue weighted by Gasteiger charge is 2.10. The molecule has 17 heavy (non-hydrogen) atoms. The van der Waals surface area contributed by atoms with Gasteiger partial charge in [-0.15, -0.1) is 0 Å². The van der Waals surface area contributed by atoms with Gasteiger partial charge in [0.15, 0.2) is 0 Å². The molecule has 3 nitrogen and oxygen atoms in total. The fraction of sp³-hybridized carbons (Fsp3) is 0.429. The quantitative estimate of drug-likeness (QED) is 0.808. The summed E-state index contributed by atoms with van der Waals surface area (Å²) >= 11 is 0. The third-order valence-electron chi connectivity index (χ3n) is 3.02. The Morgan fingerprint density at radius 1 is 1.41 bits per heavy atom. The van der Waals surface area contributed by atoms with Crippen LogP contribution in [0.25, 0.3) is 11.0 Å². The van der Waals surface area contributed by atoms with Gasteiger partial charge < -0.3 is 4.57 Å². The van der Waals surface area contributed by atoms with Gasteiger partial charge in [0, 0.05) is 19.4 Å². The van der Waals surface area contributed by atoms with Crippen LogP contribution in [0.3, 0.4) is 0 Å². The number of aryl methyl sites for hydroxylation is 2. The summed E-state index contributed by atoms with van der Waals surface area (Å²) in [5.74, 6) is 1.53. The molecule has 0 aliphatic rings. The fourth-order valence-electron chi connectivity index (χ4n) is 2.13. The van der Waals surface area contributed by atoms with Gasteiger partial charge in [-0.3, -0.25) is 0 Å². The molecule has 1 heterocycles. The van der Waals surface area contributed by atoms with E-state index in [0.29, 0.717) is 12.3 Å². The molecule has 0 aliphatic carbocycles. The molecule has 0 atom stereocenters. The Kier molecular flexibility index (Phi) is 3.14. The fourth-order valence-corrected chi connectivity index (χ4v) is 2.13. The highest BCUT2D eigenvalue weighted by Crippen LogP contribution is 2.21. The van der Waals surface area contributed by atoms with Crippen molar-refractivity contribution in [2.45, 2.75) is 32.6 Å². The van der Waals surface area contributed by atoms with E-state index >= 15 is 0 Å². The molecule has 88 valence electrons. The van der Waals surface area contributed by atoms with E-state index in [9.17, 15) is 0 Å². The lowest BCUT2D eigenvalue weighted by Gasteiger charge is -2.05. The van der Waals surface area contributed by atoms with Crippen LogP contribution in [0.4, 0.5) is 0 Å². The highest BCUT2D eigenvalue weighted by atomic mass is 15.1. The molecular weight excluding hydrogens is 210 g/mol. The molecule has 0 N–H and O–H groups in total. The molecule has 0 saturated heterocycles. The second-order valence-electron chi connectivity index (χ2n) is 4.66. The summed E-state index contributed by atoms with van der Waals surface area (Å²) < 4.78 is 2.15. The van der Waals surface area contributed by atoms with Crippen LogP contribution < -0.4 is 0 Å². The van der Waals surface area contributed by atoms with E-state index in [1.165, 1.54) is 5.56 Å².